The van der Waals surface area contributed by atoms with Gasteiger partial charge in [0.2, 0.25) is 0 Å². The molecular formula is C21H20N2O5S. The zero-order valence-electron chi connectivity index (χ0n) is 16.0. The van der Waals surface area contributed by atoms with E-state index >= 15 is 0 Å². The average Bonchev–Trinajstić information content (AvgIpc) is 3.52. The fraction of sp³-hybridized carbons (Fsp3) is 0.238. The largest absolute Gasteiger partial charge is 0.496 e. The zero-order chi connectivity index (χ0) is 20.6. The van der Waals surface area contributed by atoms with Gasteiger partial charge in [-0.05, 0) is 48.6 Å². The summed E-state index contributed by atoms with van der Waals surface area (Å²) in [6, 6.07) is 10.2. The third-order valence-corrected chi connectivity index (χ3v) is 6.60. The van der Waals surface area contributed by atoms with Crippen molar-refractivity contribution in [3.8, 4) is 17.0 Å². The van der Waals surface area contributed by atoms with Crippen LogP contribution in [0.4, 0.5) is 0 Å². The molecule has 2 aromatic heterocycles. The fourth-order valence-electron chi connectivity index (χ4n) is 3.46. The number of benzene rings is 1. The van der Waals surface area contributed by atoms with Crippen molar-refractivity contribution in [2.24, 2.45) is 0 Å². The van der Waals surface area contributed by atoms with Gasteiger partial charge in [0.25, 0.3) is 10.0 Å². The monoisotopic (exact) mass is 412 g/mol. The highest BCUT2D eigenvalue weighted by Crippen LogP contribution is 2.49. The SMILES string of the molecule is COC(=O)c1cn(S(=O)(=O)c2cccnc2)c(-c2ccccc2OC)c1C1CC1. The van der Waals surface area contributed by atoms with Crippen molar-refractivity contribution in [1.82, 2.24) is 8.96 Å². The van der Waals surface area contributed by atoms with Crippen LogP contribution in [0.25, 0.3) is 11.3 Å². The van der Waals surface area contributed by atoms with Gasteiger partial charge in [0, 0.05) is 24.2 Å². The lowest BCUT2D eigenvalue weighted by atomic mass is 10.0. The summed E-state index contributed by atoms with van der Waals surface area (Å²) in [6.45, 7) is 0. The first-order valence-corrected chi connectivity index (χ1v) is 10.6. The summed E-state index contributed by atoms with van der Waals surface area (Å²) in [4.78, 5) is 16.5. The summed E-state index contributed by atoms with van der Waals surface area (Å²) in [5, 5.41) is 0. The Balaban J connectivity index is 2.07. The third-order valence-electron chi connectivity index (χ3n) is 4.96. The molecule has 0 atom stereocenters. The lowest BCUT2D eigenvalue weighted by molar-refractivity contribution is 0.0599. The van der Waals surface area contributed by atoms with E-state index < -0.39 is 16.0 Å². The number of hydrogen-bond acceptors (Lipinski definition) is 6. The first kappa shape index (κ1) is 19.2. The molecule has 7 nitrogen and oxygen atoms in total. The average molecular weight is 412 g/mol. The van der Waals surface area contributed by atoms with Crippen LogP contribution in [0.3, 0.4) is 0 Å². The van der Waals surface area contributed by atoms with Gasteiger partial charge in [0.15, 0.2) is 0 Å². The van der Waals surface area contributed by atoms with Crippen molar-refractivity contribution in [3.05, 3.63) is 66.1 Å². The van der Waals surface area contributed by atoms with Crippen LogP contribution >= 0.6 is 0 Å². The van der Waals surface area contributed by atoms with Crippen molar-refractivity contribution in [1.29, 1.82) is 0 Å². The standard InChI is InChI=1S/C21H20N2O5S/c1-27-18-8-4-3-7-16(18)20-19(14-9-10-14)17(21(24)28-2)13-23(20)29(25,26)15-6-5-11-22-12-15/h3-8,11-14H,9-10H2,1-2H3. The van der Waals surface area contributed by atoms with E-state index in [9.17, 15) is 13.2 Å². The summed E-state index contributed by atoms with van der Waals surface area (Å²) in [5.74, 6) is 0.0455. The minimum Gasteiger partial charge on any atom is -0.496 e. The highest BCUT2D eigenvalue weighted by Gasteiger charge is 2.37. The summed E-state index contributed by atoms with van der Waals surface area (Å²) in [5.41, 5.74) is 1.95. The molecule has 29 heavy (non-hydrogen) atoms. The van der Waals surface area contributed by atoms with Gasteiger partial charge < -0.3 is 9.47 Å². The second-order valence-electron chi connectivity index (χ2n) is 6.76. The van der Waals surface area contributed by atoms with Gasteiger partial charge in [-0.25, -0.2) is 17.2 Å². The van der Waals surface area contributed by atoms with Crippen LogP contribution in [0.1, 0.15) is 34.7 Å². The van der Waals surface area contributed by atoms with E-state index in [4.69, 9.17) is 9.47 Å². The van der Waals surface area contributed by atoms with Gasteiger partial charge >= 0.3 is 5.97 Å². The van der Waals surface area contributed by atoms with Crippen LogP contribution in [0.15, 0.2) is 59.9 Å². The van der Waals surface area contributed by atoms with Crippen molar-refractivity contribution in [2.45, 2.75) is 23.7 Å². The Morgan fingerprint density at radius 2 is 1.90 bits per heavy atom. The van der Waals surface area contributed by atoms with Crippen molar-refractivity contribution >= 4 is 16.0 Å². The van der Waals surface area contributed by atoms with E-state index in [0.29, 0.717) is 22.6 Å². The number of carbonyl (C=O) groups excluding carboxylic acids is 1. The highest BCUT2D eigenvalue weighted by molar-refractivity contribution is 7.90. The normalized spacial score (nSPS) is 13.9. The topological polar surface area (TPSA) is 87.5 Å². The first-order chi connectivity index (χ1) is 14.0. The van der Waals surface area contributed by atoms with Gasteiger partial charge in [-0.2, -0.15) is 0 Å². The molecule has 1 saturated carbocycles. The molecule has 0 N–H and O–H groups in total. The van der Waals surface area contributed by atoms with Crippen LogP contribution in [-0.2, 0) is 14.8 Å². The molecule has 0 bridgehead atoms. The van der Waals surface area contributed by atoms with Crippen LogP contribution in [0.5, 0.6) is 5.75 Å². The van der Waals surface area contributed by atoms with E-state index in [2.05, 4.69) is 4.98 Å². The molecule has 3 aromatic rings. The number of ether oxygens (including phenoxy) is 2. The number of pyridine rings is 1. The number of methoxy groups -OCH3 is 2. The molecule has 4 rings (SSSR count). The number of rotatable bonds is 6. The Kier molecular flexibility index (Phi) is 4.87. The Morgan fingerprint density at radius 3 is 2.52 bits per heavy atom. The smallest absolute Gasteiger partial charge is 0.339 e. The lowest BCUT2D eigenvalue weighted by Gasteiger charge is -2.15. The molecule has 8 heteroatoms. The molecule has 2 heterocycles. The number of nitrogens with zero attached hydrogens (tertiary/aromatic N) is 2. The second-order valence-corrected chi connectivity index (χ2v) is 8.58. The summed E-state index contributed by atoms with van der Waals surface area (Å²) < 4.78 is 38.5. The predicted molar refractivity (Wildman–Crippen MR) is 107 cm³/mol. The Bertz CT molecular complexity index is 1170. The van der Waals surface area contributed by atoms with Crippen LogP contribution in [0, 0.1) is 0 Å². The van der Waals surface area contributed by atoms with E-state index in [1.807, 2.05) is 6.07 Å². The van der Waals surface area contributed by atoms with Crippen molar-refractivity contribution < 1.29 is 22.7 Å². The number of esters is 1. The number of hydrogen-bond donors (Lipinski definition) is 0. The summed E-state index contributed by atoms with van der Waals surface area (Å²) >= 11 is 0. The van der Waals surface area contributed by atoms with Crippen LogP contribution < -0.4 is 4.74 Å². The summed E-state index contributed by atoms with van der Waals surface area (Å²) in [6.07, 6.45) is 5.90. The lowest BCUT2D eigenvalue weighted by Crippen LogP contribution is -2.14. The predicted octanol–water partition coefficient (Wildman–Crippen LogP) is 3.46. The van der Waals surface area contributed by atoms with E-state index in [-0.39, 0.29) is 16.4 Å². The van der Waals surface area contributed by atoms with Gasteiger partial charge in [0.05, 0.1) is 25.5 Å². The molecule has 1 fully saturated rings. The molecule has 0 radical (unpaired) electrons. The number of aromatic nitrogens is 2. The molecule has 1 aromatic carbocycles. The minimum atomic E-state index is -4.00. The van der Waals surface area contributed by atoms with Crippen LogP contribution in [0.2, 0.25) is 0 Å². The quantitative estimate of drug-likeness (QED) is 0.576. The number of carbonyl (C=O) groups is 1. The maximum Gasteiger partial charge on any atom is 0.339 e. The molecule has 1 aliphatic carbocycles. The molecule has 150 valence electrons. The maximum absolute atomic E-state index is 13.5. The molecule has 0 saturated heterocycles. The molecule has 0 unspecified atom stereocenters. The highest BCUT2D eigenvalue weighted by atomic mass is 32.2. The van der Waals surface area contributed by atoms with E-state index in [0.717, 1.165) is 16.8 Å². The summed E-state index contributed by atoms with van der Waals surface area (Å²) in [7, 11) is -1.19. The van der Waals surface area contributed by atoms with Crippen molar-refractivity contribution in [2.75, 3.05) is 14.2 Å². The number of para-hydroxylation sites is 1. The van der Waals surface area contributed by atoms with Gasteiger partial charge in [-0.1, -0.05) is 12.1 Å². The van der Waals surface area contributed by atoms with Gasteiger partial charge in [0.1, 0.15) is 10.6 Å². The molecule has 0 aliphatic heterocycles. The Labute approximate surface area is 169 Å². The van der Waals surface area contributed by atoms with E-state index in [1.54, 1.807) is 24.3 Å². The van der Waals surface area contributed by atoms with Gasteiger partial charge in [-0.15, -0.1) is 0 Å². The maximum atomic E-state index is 13.5. The van der Waals surface area contributed by atoms with Gasteiger partial charge in [-0.3, -0.25) is 4.98 Å². The second kappa shape index (κ2) is 7.36. The fourth-order valence-corrected chi connectivity index (χ4v) is 4.82. The van der Waals surface area contributed by atoms with Crippen molar-refractivity contribution in [3.63, 3.8) is 0 Å². The van der Waals surface area contributed by atoms with E-state index in [1.165, 1.54) is 38.9 Å². The Morgan fingerprint density at radius 1 is 1.14 bits per heavy atom. The molecule has 0 spiro atoms. The Hall–Kier alpha value is -3.13. The minimum absolute atomic E-state index is 0.0323. The third kappa shape index (κ3) is 3.29. The molecular weight excluding hydrogens is 392 g/mol. The van der Waals surface area contributed by atoms with Crippen LogP contribution in [-0.4, -0.2) is 37.6 Å². The molecule has 1 aliphatic rings. The zero-order valence-corrected chi connectivity index (χ0v) is 16.8. The molecule has 0 amide bonds. The first-order valence-electron chi connectivity index (χ1n) is 9.11.